The van der Waals surface area contributed by atoms with Gasteiger partial charge in [-0.2, -0.15) is 0 Å². The average Bonchev–Trinajstić information content (AvgIpc) is 2.06. The number of carbonyl (C=O) groups excluding carboxylic acids is 1. The fourth-order valence-electron chi connectivity index (χ4n) is 0.862. The minimum Gasteiger partial charge on any atom is -0.377 e. The molecule has 0 aliphatic rings. The fourth-order valence-corrected chi connectivity index (χ4v) is 1.01. The number of benzene rings is 1. The summed E-state index contributed by atoms with van der Waals surface area (Å²) in [5.41, 5.74) is 0.662. The van der Waals surface area contributed by atoms with Crippen LogP contribution in [0.1, 0.15) is 10.4 Å². The molecular formula is C9H10O2S. The number of hydrogen-bond donors (Lipinski definition) is 1. The monoisotopic (exact) mass is 182 g/mol. The number of Topliss-reactive ketones (excluding diaryl/α,β-unsaturated/α-hetero) is 1. The smallest absolute Gasteiger partial charge is 0.188 e. The van der Waals surface area contributed by atoms with Crippen molar-refractivity contribution in [2.24, 2.45) is 0 Å². The lowest BCUT2D eigenvalue weighted by Gasteiger charge is -1.98. The Hall–Kier alpha value is -0.800. The molecule has 1 aromatic rings. The fraction of sp³-hybridized carbons (Fsp3) is 0.222. The van der Waals surface area contributed by atoms with Crippen molar-refractivity contribution in [2.45, 2.75) is 4.90 Å². The van der Waals surface area contributed by atoms with Gasteiger partial charge in [0.05, 0.1) is 0 Å². The first-order chi connectivity index (χ1) is 5.74. The second kappa shape index (κ2) is 4.28. The Labute approximate surface area is 77.0 Å². The molecule has 0 aliphatic heterocycles. The van der Waals surface area contributed by atoms with Gasteiger partial charge in [-0.1, -0.05) is 12.1 Å². The molecule has 0 amide bonds. The van der Waals surface area contributed by atoms with Crippen LogP contribution in [0.25, 0.3) is 0 Å². The largest absolute Gasteiger partial charge is 0.377 e. The molecule has 0 unspecified atom stereocenters. The minimum atomic E-state index is -0.00849. The first-order valence-electron chi connectivity index (χ1n) is 3.55. The van der Waals surface area contributed by atoms with Crippen molar-refractivity contribution in [1.82, 2.24) is 0 Å². The molecule has 0 saturated heterocycles. The van der Waals surface area contributed by atoms with Crippen molar-refractivity contribution in [1.29, 1.82) is 0 Å². The summed E-state index contributed by atoms with van der Waals surface area (Å²) in [6.07, 6.45) is 0. The molecule has 0 atom stereocenters. The van der Waals surface area contributed by atoms with E-state index in [0.29, 0.717) is 5.56 Å². The van der Waals surface area contributed by atoms with Gasteiger partial charge in [-0.25, -0.2) is 0 Å². The van der Waals surface area contributed by atoms with Gasteiger partial charge in [0.1, 0.15) is 6.61 Å². The average molecular weight is 182 g/mol. The van der Waals surface area contributed by atoms with Crippen LogP contribution in [-0.2, 0) is 4.74 Å². The van der Waals surface area contributed by atoms with Crippen molar-refractivity contribution < 1.29 is 9.53 Å². The highest BCUT2D eigenvalue weighted by molar-refractivity contribution is 7.80. The molecule has 0 bridgehead atoms. The van der Waals surface area contributed by atoms with Crippen LogP contribution < -0.4 is 0 Å². The molecule has 0 radical (unpaired) electrons. The Morgan fingerprint density at radius 3 is 2.50 bits per heavy atom. The second-order valence-electron chi connectivity index (χ2n) is 2.40. The van der Waals surface area contributed by atoms with E-state index >= 15 is 0 Å². The molecule has 12 heavy (non-hydrogen) atoms. The molecule has 0 aliphatic carbocycles. The molecule has 0 saturated carbocycles. The number of rotatable bonds is 3. The Morgan fingerprint density at radius 2 is 2.00 bits per heavy atom. The van der Waals surface area contributed by atoms with E-state index in [1.165, 1.54) is 7.11 Å². The van der Waals surface area contributed by atoms with Crippen LogP contribution in [0.3, 0.4) is 0 Å². The maximum absolute atomic E-state index is 11.2. The lowest BCUT2D eigenvalue weighted by molar-refractivity contribution is 0.0848. The van der Waals surface area contributed by atoms with Crippen LogP contribution in [0.15, 0.2) is 29.2 Å². The molecule has 0 spiro atoms. The molecule has 64 valence electrons. The van der Waals surface area contributed by atoms with Gasteiger partial charge in [0.2, 0.25) is 0 Å². The van der Waals surface area contributed by atoms with Gasteiger partial charge in [-0.05, 0) is 12.1 Å². The zero-order chi connectivity index (χ0) is 8.97. The molecule has 2 nitrogen and oxygen atoms in total. The first kappa shape index (κ1) is 9.29. The van der Waals surface area contributed by atoms with E-state index in [4.69, 9.17) is 4.74 Å². The molecule has 1 rings (SSSR count). The van der Waals surface area contributed by atoms with Gasteiger partial charge >= 0.3 is 0 Å². The van der Waals surface area contributed by atoms with E-state index in [9.17, 15) is 4.79 Å². The van der Waals surface area contributed by atoms with E-state index in [2.05, 4.69) is 12.6 Å². The molecule has 1 aromatic carbocycles. The third-order valence-corrected chi connectivity index (χ3v) is 1.76. The normalized spacial score (nSPS) is 9.83. The van der Waals surface area contributed by atoms with Gasteiger partial charge in [0.25, 0.3) is 0 Å². The summed E-state index contributed by atoms with van der Waals surface area (Å²) in [6, 6.07) is 7.05. The molecule has 0 aromatic heterocycles. The van der Waals surface area contributed by atoms with Crippen LogP contribution in [0, 0.1) is 0 Å². The van der Waals surface area contributed by atoms with Crippen molar-refractivity contribution in [3.63, 3.8) is 0 Å². The highest BCUT2D eigenvalue weighted by atomic mass is 32.1. The number of carbonyl (C=O) groups is 1. The molecule has 0 N–H and O–H groups in total. The van der Waals surface area contributed by atoms with E-state index < -0.39 is 0 Å². The summed E-state index contributed by atoms with van der Waals surface area (Å²) in [7, 11) is 1.50. The molecule has 3 heteroatoms. The highest BCUT2D eigenvalue weighted by Crippen LogP contribution is 2.08. The summed E-state index contributed by atoms with van der Waals surface area (Å²) in [5.74, 6) is -0.00849. The number of ether oxygens (including phenoxy) is 1. The van der Waals surface area contributed by atoms with Gasteiger partial charge in [0.15, 0.2) is 5.78 Å². The predicted octanol–water partition coefficient (Wildman–Crippen LogP) is 1.80. The Kier molecular flexibility index (Phi) is 3.31. The number of thiol groups is 1. The van der Waals surface area contributed by atoms with Gasteiger partial charge < -0.3 is 4.74 Å². The van der Waals surface area contributed by atoms with E-state index in [0.717, 1.165) is 4.90 Å². The van der Waals surface area contributed by atoms with Crippen LogP contribution in [0.4, 0.5) is 0 Å². The summed E-state index contributed by atoms with van der Waals surface area (Å²) in [6.45, 7) is 0.131. The van der Waals surface area contributed by atoms with E-state index in [1.807, 2.05) is 0 Å². The lowest BCUT2D eigenvalue weighted by atomic mass is 10.1. The summed E-state index contributed by atoms with van der Waals surface area (Å²) >= 11 is 4.11. The summed E-state index contributed by atoms with van der Waals surface area (Å²) < 4.78 is 4.72. The highest BCUT2D eigenvalue weighted by Gasteiger charge is 2.03. The molecular weight excluding hydrogens is 172 g/mol. The second-order valence-corrected chi connectivity index (χ2v) is 2.92. The van der Waals surface area contributed by atoms with Crippen LogP contribution in [-0.4, -0.2) is 19.5 Å². The van der Waals surface area contributed by atoms with Crippen LogP contribution >= 0.6 is 12.6 Å². The number of hydrogen-bond acceptors (Lipinski definition) is 3. The van der Waals surface area contributed by atoms with E-state index in [1.54, 1.807) is 24.3 Å². The van der Waals surface area contributed by atoms with Crippen molar-refractivity contribution in [3.05, 3.63) is 29.8 Å². The van der Waals surface area contributed by atoms with E-state index in [-0.39, 0.29) is 12.4 Å². The zero-order valence-electron chi connectivity index (χ0n) is 6.78. The summed E-state index contributed by atoms with van der Waals surface area (Å²) in [4.78, 5) is 12.1. The summed E-state index contributed by atoms with van der Waals surface area (Å²) in [5, 5.41) is 0. The lowest BCUT2D eigenvalue weighted by Crippen LogP contribution is -2.06. The zero-order valence-corrected chi connectivity index (χ0v) is 7.67. The van der Waals surface area contributed by atoms with Gasteiger partial charge in [-0.15, -0.1) is 12.6 Å². The molecule has 0 fully saturated rings. The molecule has 0 heterocycles. The maximum Gasteiger partial charge on any atom is 0.188 e. The SMILES string of the molecule is COCC(=O)c1ccc(S)cc1. The standard InChI is InChI=1S/C9H10O2S/c1-11-6-9(10)7-2-4-8(12)5-3-7/h2-5,12H,6H2,1H3. The topological polar surface area (TPSA) is 26.3 Å². The Balaban J connectivity index is 2.75. The van der Waals surface area contributed by atoms with Crippen molar-refractivity contribution >= 4 is 18.4 Å². The number of ketones is 1. The third kappa shape index (κ3) is 2.36. The minimum absolute atomic E-state index is 0.00849. The predicted molar refractivity (Wildman–Crippen MR) is 49.9 cm³/mol. The van der Waals surface area contributed by atoms with Gasteiger partial charge in [0, 0.05) is 17.6 Å². The Morgan fingerprint density at radius 1 is 1.42 bits per heavy atom. The third-order valence-electron chi connectivity index (χ3n) is 1.46. The van der Waals surface area contributed by atoms with Crippen molar-refractivity contribution in [3.8, 4) is 0 Å². The van der Waals surface area contributed by atoms with Crippen molar-refractivity contribution in [2.75, 3.05) is 13.7 Å². The quantitative estimate of drug-likeness (QED) is 0.570. The maximum atomic E-state index is 11.2. The number of methoxy groups -OCH3 is 1. The van der Waals surface area contributed by atoms with Crippen LogP contribution in [0.2, 0.25) is 0 Å². The first-order valence-corrected chi connectivity index (χ1v) is 4.00. The Bertz CT molecular complexity index is 266. The van der Waals surface area contributed by atoms with Crippen LogP contribution in [0.5, 0.6) is 0 Å². The van der Waals surface area contributed by atoms with Gasteiger partial charge in [-0.3, -0.25) is 4.79 Å².